The van der Waals surface area contributed by atoms with Gasteiger partial charge in [0, 0.05) is 32.0 Å². The summed E-state index contributed by atoms with van der Waals surface area (Å²) < 4.78 is 32.3. The first-order chi connectivity index (χ1) is 10.8. The SMILES string of the molecule is CCOC(=O)[C@@H]1CN(S(=O)(=O)CCn2ccnc2)C[C@H]1C(=O)O. The monoisotopic (exact) mass is 345 g/mol. The van der Waals surface area contributed by atoms with Crippen LogP contribution in [0.3, 0.4) is 0 Å². The lowest BCUT2D eigenvalue weighted by atomic mass is 9.96. The molecule has 0 saturated carbocycles. The first-order valence-corrected chi connectivity index (χ1v) is 8.79. The number of rotatable bonds is 7. The third-order valence-corrected chi connectivity index (χ3v) is 5.54. The molecule has 0 aliphatic carbocycles. The van der Waals surface area contributed by atoms with Gasteiger partial charge < -0.3 is 14.4 Å². The normalized spacial score (nSPS) is 22.1. The van der Waals surface area contributed by atoms with E-state index in [4.69, 9.17) is 4.74 Å². The average Bonchev–Trinajstić information content (AvgIpc) is 3.15. The van der Waals surface area contributed by atoms with Crippen LogP contribution in [-0.2, 0) is 30.9 Å². The number of aromatic nitrogens is 2. The maximum absolute atomic E-state index is 12.4. The summed E-state index contributed by atoms with van der Waals surface area (Å²) in [4.78, 5) is 27.0. The molecule has 0 spiro atoms. The van der Waals surface area contributed by atoms with Crippen molar-refractivity contribution in [3.05, 3.63) is 18.7 Å². The van der Waals surface area contributed by atoms with Crippen molar-refractivity contribution in [1.29, 1.82) is 0 Å². The van der Waals surface area contributed by atoms with Crippen molar-refractivity contribution in [3.63, 3.8) is 0 Å². The lowest BCUT2D eigenvalue weighted by molar-refractivity contribution is -0.155. The van der Waals surface area contributed by atoms with Crippen LogP contribution in [-0.4, -0.2) is 64.8 Å². The molecule has 23 heavy (non-hydrogen) atoms. The van der Waals surface area contributed by atoms with Crippen molar-refractivity contribution in [2.24, 2.45) is 11.8 Å². The Morgan fingerprint density at radius 3 is 2.61 bits per heavy atom. The Morgan fingerprint density at radius 2 is 2.04 bits per heavy atom. The predicted molar refractivity (Wildman–Crippen MR) is 78.8 cm³/mol. The van der Waals surface area contributed by atoms with E-state index in [1.54, 1.807) is 23.9 Å². The van der Waals surface area contributed by atoms with Gasteiger partial charge >= 0.3 is 11.9 Å². The van der Waals surface area contributed by atoms with Crippen molar-refractivity contribution in [3.8, 4) is 0 Å². The number of carbonyl (C=O) groups is 2. The molecule has 0 bridgehead atoms. The van der Waals surface area contributed by atoms with Crippen LogP contribution in [0.25, 0.3) is 0 Å². The van der Waals surface area contributed by atoms with E-state index in [0.29, 0.717) is 0 Å². The minimum Gasteiger partial charge on any atom is -0.481 e. The van der Waals surface area contributed by atoms with Crippen molar-refractivity contribution < 1.29 is 27.9 Å². The lowest BCUT2D eigenvalue weighted by Crippen LogP contribution is -2.33. The van der Waals surface area contributed by atoms with Gasteiger partial charge in [0.15, 0.2) is 0 Å². The van der Waals surface area contributed by atoms with E-state index < -0.39 is 33.8 Å². The summed E-state index contributed by atoms with van der Waals surface area (Å²) in [5.74, 6) is -4.12. The highest BCUT2D eigenvalue weighted by Gasteiger charge is 2.46. The average molecular weight is 345 g/mol. The smallest absolute Gasteiger partial charge is 0.311 e. The number of ether oxygens (including phenoxy) is 1. The van der Waals surface area contributed by atoms with E-state index in [2.05, 4.69) is 4.98 Å². The van der Waals surface area contributed by atoms with Gasteiger partial charge in [-0.3, -0.25) is 9.59 Å². The molecule has 0 aromatic carbocycles. The number of carbonyl (C=O) groups excluding carboxylic acids is 1. The van der Waals surface area contributed by atoms with Gasteiger partial charge in [0.1, 0.15) is 0 Å². The third-order valence-electron chi connectivity index (χ3n) is 3.75. The molecule has 2 rings (SSSR count). The van der Waals surface area contributed by atoms with Crippen molar-refractivity contribution in [2.45, 2.75) is 13.5 Å². The van der Waals surface area contributed by atoms with E-state index in [1.807, 2.05) is 0 Å². The number of hydrogen-bond donors (Lipinski definition) is 1. The molecule has 0 radical (unpaired) electrons. The van der Waals surface area contributed by atoms with Crippen LogP contribution in [0.1, 0.15) is 6.92 Å². The van der Waals surface area contributed by atoms with E-state index in [0.717, 1.165) is 4.31 Å². The second kappa shape index (κ2) is 7.09. The van der Waals surface area contributed by atoms with Gasteiger partial charge in [0.25, 0.3) is 0 Å². The fraction of sp³-hybridized carbons (Fsp3) is 0.615. The van der Waals surface area contributed by atoms with Crippen LogP contribution in [0.5, 0.6) is 0 Å². The van der Waals surface area contributed by atoms with Gasteiger partial charge in [-0.1, -0.05) is 0 Å². The summed E-state index contributed by atoms with van der Waals surface area (Å²) in [6, 6.07) is 0. The first-order valence-electron chi connectivity index (χ1n) is 7.18. The van der Waals surface area contributed by atoms with Gasteiger partial charge in [-0.15, -0.1) is 0 Å². The zero-order valence-electron chi connectivity index (χ0n) is 12.7. The first kappa shape index (κ1) is 17.4. The number of nitrogens with zero attached hydrogens (tertiary/aromatic N) is 3. The van der Waals surface area contributed by atoms with E-state index in [1.165, 1.54) is 6.33 Å². The van der Waals surface area contributed by atoms with Crippen LogP contribution >= 0.6 is 0 Å². The van der Waals surface area contributed by atoms with Crippen LogP contribution in [0.4, 0.5) is 0 Å². The summed E-state index contributed by atoms with van der Waals surface area (Å²) in [7, 11) is -3.67. The summed E-state index contributed by atoms with van der Waals surface area (Å²) in [5.41, 5.74) is 0. The number of carboxylic acids is 1. The number of carboxylic acid groups (broad SMARTS) is 1. The molecule has 1 aliphatic heterocycles. The van der Waals surface area contributed by atoms with E-state index >= 15 is 0 Å². The second-order valence-electron chi connectivity index (χ2n) is 5.24. The van der Waals surface area contributed by atoms with Gasteiger partial charge in [-0.05, 0) is 6.92 Å². The van der Waals surface area contributed by atoms with Crippen molar-refractivity contribution in [2.75, 3.05) is 25.4 Å². The summed E-state index contributed by atoms with van der Waals surface area (Å²) in [6.07, 6.45) is 4.68. The molecule has 1 saturated heterocycles. The molecule has 10 heteroatoms. The largest absolute Gasteiger partial charge is 0.481 e. The Kier molecular flexibility index (Phi) is 5.37. The van der Waals surface area contributed by atoms with Crippen LogP contribution in [0.2, 0.25) is 0 Å². The number of aryl methyl sites for hydroxylation is 1. The van der Waals surface area contributed by atoms with Gasteiger partial charge in [0.2, 0.25) is 10.0 Å². The number of sulfonamides is 1. The standard InChI is InChI=1S/C13H19N3O6S/c1-2-22-13(19)11-8-16(7-10(11)12(17)18)23(20,21)6-5-15-4-3-14-9-15/h3-4,9-11H,2,5-8H2,1H3,(H,17,18)/t10-,11-/m1/s1. The van der Waals surface area contributed by atoms with Gasteiger partial charge in [-0.25, -0.2) is 17.7 Å². The zero-order valence-corrected chi connectivity index (χ0v) is 13.5. The highest BCUT2D eigenvalue weighted by Crippen LogP contribution is 2.27. The zero-order chi connectivity index (χ0) is 17.0. The number of imidazole rings is 1. The van der Waals surface area contributed by atoms with E-state index in [9.17, 15) is 23.1 Å². The van der Waals surface area contributed by atoms with Crippen LogP contribution in [0.15, 0.2) is 18.7 Å². The molecule has 128 valence electrons. The molecule has 1 aromatic rings. The maximum atomic E-state index is 12.4. The Labute approximate surface area is 133 Å². The van der Waals surface area contributed by atoms with Crippen LogP contribution in [0, 0.1) is 11.8 Å². The molecule has 1 N–H and O–H groups in total. The fourth-order valence-corrected chi connectivity index (χ4v) is 3.98. The molecule has 2 atom stereocenters. The molecule has 1 fully saturated rings. The number of aliphatic carboxylic acids is 1. The Bertz CT molecular complexity index is 657. The Balaban J connectivity index is 2.07. The highest BCUT2D eigenvalue weighted by atomic mass is 32.2. The molecule has 2 heterocycles. The minimum absolute atomic E-state index is 0.120. The summed E-state index contributed by atoms with van der Waals surface area (Å²) in [6.45, 7) is 1.56. The lowest BCUT2D eigenvalue weighted by Gasteiger charge is -2.16. The van der Waals surface area contributed by atoms with Gasteiger partial charge in [0.05, 0.1) is 30.5 Å². The molecular formula is C13H19N3O6S. The molecular weight excluding hydrogens is 326 g/mol. The van der Waals surface area contributed by atoms with Crippen molar-refractivity contribution in [1.82, 2.24) is 13.9 Å². The Morgan fingerprint density at radius 1 is 1.35 bits per heavy atom. The fourth-order valence-electron chi connectivity index (χ4n) is 2.50. The Hall–Kier alpha value is -1.94. The maximum Gasteiger partial charge on any atom is 0.311 e. The third kappa shape index (κ3) is 4.08. The predicted octanol–water partition coefficient (Wildman–Crippen LogP) is -0.591. The van der Waals surface area contributed by atoms with Crippen LogP contribution < -0.4 is 0 Å². The topological polar surface area (TPSA) is 119 Å². The molecule has 1 aromatic heterocycles. The van der Waals surface area contributed by atoms with E-state index in [-0.39, 0.29) is 32.0 Å². The molecule has 0 unspecified atom stereocenters. The molecule has 0 amide bonds. The summed E-state index contributed by atoms with van der Waals surface area (Å²) in [5, 5.41) is 9.22. The number of esters is 1. The highest BCUT2D eigenvalue weighted by molar-refractivity contribution is 7.89. The minimum atomic E-state index is -3.67. The van der Waals surface area contributed by atoms with Crippen molar-refractivity contribution >= 4 is 22.0 Å². The molecule has 1 aliphatic rings. The number of hydrogen-bond acceptors (Lipinski definition) is 6. The van der Waals surface area contributed by atoms with Gasteiger partial charge in [-0.2, -0.15) is 0 Å². The second-order valence-corrected chi connectivity index (χ2v) is 7.33. The molecule has 9 nitrogen and oxygen atoms in total. The summed E-state index contributed by atoms with van der Waals surface area (Å²) >= 11 is 0. The quantitative estimate of drug-likeness (QED) is 0.656.